The lowest BCUT2D eigenvalue weighted by atomic mass is 10.2. The quantitative estimate of drug-likeness (QED) is 0.734. The fourth-order valence-electron chi connectivity index (χ4n) is 1.27. The average Bonchev–Trinajstić information content (AvgIpc) is 2.39. The van der Waals surface area contributed by atoms with Crippen LogP contribution in [0.2, 0.25) is 0 Å². The summed E-state index contributed by atoms with van der Waals surface area (Å²) in [5.74, 6) is 0. The first-order valence-electron chi connectivity index (χ1n) is 3.79. The van der Waals surface area contributed by atoms with E-state index >= 15 is 0 Å². The molecule has 2 aromatic heterocycles. The molecule has 0 aliphatic rings. The van der Waals surface area contributed by atoms with E-state index in [2.05, 4.69) is 45.5 Å². The molecule has 0 saturated heterocycles. The second-order valence-electron chi connectivity index (χ2n) is 2.97. The first-order valence-corrected chi connectivity index (χ1v) is 4.87. The van der Waals surface area contributed by atoms with Gasteiger partial charge in [-0.15, -0.1) is 0 Å². The number of H-pyrrole nitrogens is 1. The Bertz CT molecular complexity index is 431. The van der Waals surface area contributed by atoms with Crippen LogP contribution < -0.4 is 0 Å². The molecule has 62 valence electrons. The van der Waals surface area contributed by atoms with Crippen molar-refractivity contribution in [1.82, 2.24) is 9.97 Å². The zero-order valence-electron chi connectivity index (χ0n) is 6.98. The van der Waals surface area contributed by atoms with Gasteiger partial charge in [0.05, 0.1) is 0 Å². The molecule has 3 heteroatoms. The van der Waals surface area contributed by atoms with Crippen LogP contribution in [0.3, 0.4) is 0 Å². The van der Waals surface area contributed by atoms with Crippen LogP contribution in [-0.2, 0) is 0 Å². The van der Waals surface area contributed by atoms with E-state index in [9.17, 15) is 0 Å². The van der Waals surface area contributed by atoms with Crippen molar-refractivity contribution < 1.29 is 0 Å². The number of fused-ring (bicyclic) bond motifs is 1. The van der Waals surface area contributed by atoms with Crippen LogP contribution >= 0.6 is 22.6 Å². The zero-order chi connectivity index (χ0) is 8.72. The number of aromatic nitrogens is 2. The second kappa shape index (κ2) is 2.73. The molecule has 2 rings (SSSR count). The fourth-order valence-corrected chi connectivity index (χ4v) is 1.83. The van der Waals surface area contributed by atoms with E-state index in [1.807, 2.05) is 13.1 Å². The van der Waals surface area contributed by atoms with E-state index in [0.717, 1.165) is 5.65 Å². The molecule has 0 radical (unpaired) electrons. The van der Waals surface area contributed by atoms with Gasteiger partial charge in [-0.2, -0.15) is 0 Å². The third-order valence-corrected chi connectivity index (χ3v) is 3.33. The van der Waals surface area contributed by atoms with E-state index in [4.69, 9.17) is 0 Å². The summed E-state index contributed by atoms with van der Waals surface area (Å²) in [7, 11) is 0. The van der Waals surface area contributed by atoms with Crippen LogP contribution in [0.1, 0.15) is 11.3 Å². The molecular weight excluding hydrogens is 263 g/mol. The maximum Gasteiger partial charge on any atom is 0.138 e. The molecule has 0 atom stereocenters. The van der Waals surface area contributed by atoms with Gasteiger partial charge in [0, 0.05) is 20.8 Å². The molecule has 2 nitrogen and oxygen atoms in total. The Morgan fingerprint density at radius 1 is 1.42 bits per heavy atom. The normalized spacial score (nSPS) is 10.9. The van der Waals surface area contributed by atoms with E-state index in [0.29, 0.717) is 0 Å². The number of aryl methyl sites for hydroxylation is 2. The molecule has 0 saturated carbocycles. The lowest BCUT2D eigenvalue weighted by Crippen LogP contribution is -1.84. The number of rotatable bonds is 0. The Kier molecular flexibility index (Phi) is 1.83. The molecule has 1 N–H and O–H groups in total. The van der Waals surface area contributed by atoms with Crippen molar-refractivity contribution in [3.8, 4) is 0 Å². The van der Waals surface area contributed by atoms with Gasteiger partial charge < -0.3 is 4.98 Å². The Labute approximate surface area is 84.5 Å². The van der Waals surface area contributed by atoms with Gasteiger partial charge in [-0.1, -0.05) is 0 Å². The molecule has 0 spiro atoms. The van der Waals surface area contributed by atoms with Gasteiger partial charge >= 0.3 is 0 Å². The van der Waals surface area contributed by atoms with Gasteiger partial charge in [0.1, 0.15) is 5.65 Å². The molecule has 0 aliphatic carbocycles. The smallest absolute Gasteiger partial charge is 0.138 e. The molecule has 0 fully saturated rings. The summed E-state index contributed by atoms with van der Waals surface area (Å²) in [6.45, 7) is 4.13. The highest BCUT2D eigenvalue weighted by Crippen LogP contribution is 2.22. The summed E-state index contributed by atoms with van der Waals surface area (Å²) < 4.78 is 1.29. The lowest BCUT2D eigenvalue weighted by Gasteiger charge is -1.96. The Hall–Kier alpha value is -0.580. The highest BCUT2D eigenvalue weighted by Gasteiger charge is 2.04. The molecule has 0 unspecified atom stereocenters. The van der Waals surface area contributed by atoms with Crippen molar-refractivity contribution in [3.05, 3.63) is 27.1 Å². The third-order valence-electron chi connectivity index (χ3n) is 1.90. The topological polar surface area (TPSA) is 28.7 Å². The maximum absolute atomic E-state index is 4.30. The third kappa shape index (κ3) is 1.12. The zero-order valence-corrected chi connectivity index (χ0v) is 9.14. The van der Waals surface area contributed by atoms with Gasteiger partial charge in [-0.05, 0) is 48.1 Å². The SMILES string of the molecule is Cc1cc2c(I)c(C)cnc2[nH]1. The molecule has 2 heterocycles. The van der Waals surface area contributed by atoms with Crippen LogP contribution in [0, 0.1) is 17.4 Å². The maximum atomic E-state index is 4.30. The summed E-state index contributed by atoms with van der Waals surface area (Å²) in [5.41, 5.74) is 3.39. The average molecular weight is 272 g/mol. The molecule has 0 aromatic carbocycles. The van der Waals surface area contributed by atoms with E-state index in [1.54, 1.807) is 0 Å². The van der Waals surface area contributed by atoms with Gasteiger partial charge in [0.15, 0.2) is 0 Å². The van der Waals surface area contributed by atoms with Crippen LogP contribution in [0.5, 0.6) is 0 Å². The number of halogens is 1. The van der Waals surface area contributed by atoms with Crippen LogP contribution in [0.15, 0.2) is 12.3 Å². The number of nitrogens with one attached hydrogen (secondary N) is 1. The molecule has 2 aromatic rings. The minimum absolute atomic E-state index is 0.988. The second-order valence-corrected chi connectivity index (χ2v) is 4.05. The van der Waals surface area contributed by atoms with Crippen LogP contribution in [0.25, 0.3) is 11.0 Å². The monoisotopic (exact) mass is 272 g/mol. The first kappa shape index (κ1) is 8.04. The van der Waals surface area contributed by atoms with Crippen molar-refractivity contribution in [2.75, 3.05) is 0 Å². The van der Waals surface area contributed by atoms with Crippen LogP contribution in [-0.4, -0.2) is 9.97 Å². The summed E-state index contributed by atoms with van der Waals surface area (Å²) in [5, 5.41) is 1.23. The Morgan fingerprint density at radius 3 is 2.92 bits per heavy atom. The summed E-state index contributed by atoms with van der Waals surface area (Å²) in [6.07, 6.45) is 1.90. The lowest BCUT2D eigenvalue weighted by molar-refractivity contribution is 1.23. The Morgan fingerprint density at radius 2 is 2.17 bits per heavy atom. The number of hydrogen-bond donors (Lipinski definition) is 1. The van der Waals surface area contributed by atoms with Crippen LogP contribution in [0.4, 0.5) is 0 Å². The fraction of sp³-hybridized carbons (Fsp3) is 0.222. The van der Waals surface area contributed by atoms with Gasteiger partial charge in [-0.3, -0.25) is 0 Å². The minimum Gasteiger partial charge on any atom is -0.344 e. The van der Waals surface area contributed by atoms with Crippen molar-refractivity contribution in [2.24, 2.45) is 0 Å². The van der Waals surface area contributed by atoms with Crippen molar-refractivity contribution in [2.45, 2.75) is 13.8 Å². The van der Waals surface area contributed by atoms with E-state index in [1.165, 1.54) is 20.2 Å². The number of pyridine rings is 1. The number of aromatic amines is 1. The number of nitrogens with zero attached hydrogens (tertiary/aromatic N) is 1. The van der Waals surface area contributed by atoms with Gasteiger partial charge in [0.25, 0.3) is 0 Å². The summed E-state index contributed by atoms with van der Waals surface area (Å²) in [4.78, 5) is 7.51. The standard InChI is InChI=1S/C9H9IN2/c1-5-4-11-9-7(8(5)10)3-6(2)12-9/h3-4H,1-2H3,(H,11,12). The van der Waals surface area contributed by atoms with Gasteiger partial charge in [-0.25, -0.2) is 4.98 Å². The summed E-state index contributed by atoms with van der Waals surface area (Å²) in [6, 6.07) is 2.14. The van der Waals surface area contributed by atoms with Crippen molar-refractivity contribution in [1.29, 1.82) is 0 Å². The molecule has 0 aliphatic heterocycles. The molecule has 12 heavy (non-hydrogen) atoms. The molecular formula is C9H9IN2. The molecule has 0 bridgehead atoms. The van der Waals surface area contributed by atoms with E-state index < -0.39 is 0 Å². The van der Waals surface area contributed by atoms with Gasteiger partial charge in [0.2, 0.25) is 0 Å². The highest BCUT2D eigenvalue weighted by molar-refractivity contribution is 14.1. The predicted octanol–water partition coefficient (Wildman–Crippen LogP) is 2.78. The molecule has 0 amide bonds. The summed E-state index contributed by atoms with van der Waals surface area (Å²) >= 11 is 2.36. The van der Waals surface area contributed by atoms with Crippen molar-refractivity contribution >= 4 is 33.6 Å². The first-order chi connectivity index (χ1) is 5.68. The largest absolute Gasteiger partial charge is 0.344 e. The van der Waals surface area contributed by atoms with E-state index in [-0.39, 0.29) is 0 Å². The highest BCUT2D eigenvalue weighted by atomic mass is 127. The van der Waals surface area contributed by atoms with Crippen molar-refractivity contribution in [3.63, 3.8) is 0 Å². The predicted molar refractivity (Wildman–Crippen MR) is 58.3 cm³/mol. The minimum atomic E-state index is 0.988. The Balaban J connectivity index is 2.89. The number of hydrogen-bond acceptors (Lipinski definition) is 1.